The van der Waals surface area contributed by atoms with Crippen LogP contribution in [0.3, 0.4) is 0 Å². The minimum absolute atomic E-state index is 0.191. The number of nitrogens with zero attached hydrogens (tertiary/aromatic N) is 1. The van der Waals surface area contributed by atoms with Crippen molar-refractivity contribution in [1.82, 2.24) is 0 Å². The summed E-state index contributed by atoms with van der Waals surface area (Å²) in [5.74, 6) is -0.500. The number of nitriles is 1. The van der Waals surface area contributed by atoms with E-state index in [0.29, 0.717) is 6.61 Å². The van der Waals surface area contributed by atoms with Crippen molar-refractivity contribution >= 4 is 5.97 Å². The van der Waals surface area contributed by atoms with E-state index in [1.54, 1.807) is 6.07 Å². The first kappa shape index (κ1) is 8.92. The summed E-state index contributed by atoms with van der Waals surface area (Å²) in [6.45, 7) is 0.591. The molecule has 0 radical (unpaired) electrons. The summed E-state index contributed by atoms with van der Waals surface area (Å²) >= 11 is 0. The molecule has 0 fully saturated rings. The second-order valence-corrected chi connectivity index (χ2v) is 1.55. The highest BCUT2D eigenvalue weighted by Crippen LogP contribution is 1.83. The van der Waals surface area contributed by atoms with Gasteiger partial charge in [-0.15, -0.1) is 0 Å². The lowest BCUT2D eigenvalue weighted by Crippen LogP contribution is -2.08. The molecule has 0 saturated heterocycles. The van der Waals surface area contributed by atoms with Crippen molar-refractivity contribution in [2.24, 2.45) is 0 Å². The number of methoxy groups -OCH3 is 1. The topological polar surface area (TPSA) is 59.3 Å². The van der Waals surface area contributed by atoms with Crippen molar-refractivity contribution in [2.75, 3.05) is 20.3 Å². The van der Waals surface area contributed by atoms with Crippen LogP contribution in [0.2, 0.25) is 0 Å². The molecule has 0 heterocycles. The highest BCUT2D eigenvalue weighted by atomic mass is 16.6. The van der Waals surface area contributed by atoms with E-state index in [1.807, 2.05) is 0 Å². The Balaban J connectivity index is 3.15. The first-order valence-electron chi connectivity index (χ1n) is 2.82. The Morgan fingerprint density at radius 3 is 2.80 bits per heavy atom. The monoisotopic (exact) mass is 143 g/mol. The molecule has 0 atom stereocenters. The first-order valence-corrected chi connectivity index (χ1v) is 2.82. The van der Waals surface area contributed by atoms with Crippen molar-refractivity contribution in [3.63, 3.8) is 0 Å². The molecule has 0 N–H and O–H groups in total. The largest absolute Gasteiger partial charge is 0.462 e. The molecule has 56 valence electrons. The minimum atomic E-state index is -0.500. The summed E-state index contributed by atoms with van der Waals surface area (Å²) in [5, 5.41) is 8.01. The molecule has 4 heteroatoms. The lowest BCUT2D eigenvalue weighted by molar-refractivity contribution is -0.143. The van der Waals surface area contributed by atoms with E-state index < -0.39 is 5.97 Å². The molecule has 0 spiro atoms. The highest BCUT2D eigenvalue weighted by molar-refractivity contribution is 5.71. The molecule has 0 aliphatic carbocycles. The molecule has 0 saturated carbocycles. The normalized spacial score (nSPS) is 8.40. The Hall–Kier alpha value is -1.08. The van der Waals surface area contributed by atoms with Crippen LogP contribution in [0.5, 0.6) is 0 Å². The summed E-state index contributed by atoms with van der Waals surface area (Å²) in [7, 11) is 1.51. The van der Waals surface area contributed by atoms with Gasteiger partial charge in [0.25, 0.3) is 0 Å². The van der Waals surface area contributed by atoms with E-state index in [-0.39, 0.29) is 13.0 Å². The van der Waals surface area contributed by atoms with Gasteiger partial charge in [0.1, 0.15) is 13.0 Å². The van der Waals surface area contributed by atoms with Gasteiger partial charge < -0.3 is 9.47 Å². The molecule has 0 aliphatic rings. The molecule has 0 aliphatic heterocycles. The number of esters is 1. The van der Waals surface area contributed by atoms with Crippen LogP contribution in [0.1, 0.15) is 6.42 Å². The van der Waals surface area contributed by atoms with Crippen LogP contribution in [-0.2, 0) is 14.3 Å². The van der Waals surface area contributed by atoms with Crippen molar-refractivity contribution in [3.8, 4) is 6.07 Å². The Morgan fingerprint density at radius 2 is 2.30 bits per heavy atom. The minimum Gasteiger partial charge on any atom is -0.462 e. The Kier molecular flexibility index (Phi) is 5.39. The number of ether oxygens (including phenoxy) is 2. The maximum Gasteiger partial charge on any atom is 0.320 e. The molecule has 0 rings (SSSR count). The van der Waals surface area contributed by atoms with Crippen molar-refractivity contribution in [2.45, 2.75) is 6.42 Å². The van der Waals surface area contributed by atoms with Crippen LogP contribution < -0.4 is 0 Å². The zero-order valence-electron chi connectivity index (χ0n) is 5.79. The Labute approximate surface area is 59.3 Å². The Bertz CT molecular complexity index is 138. The van der Waals surface area contributed by atoms with Crippen LogP contribution in [0.25, 0.3) is 0 Å². The summed E-state index contributed by atoms with van der Waals surface area (Å²) in [4.78, 5) is 10.4. The smallest absolute Gasteiger partial charge is 0.320 e. The van der Waals surface area contributed by atoms with Crippen molar-refractivity contribution in [3.05, 3.63) is 0 Å². The van der Waals surface area contributed by atoms with Gasteiger partial charge in [-0.2, -0.15) is 5.26 Å². The lowest BCUT2D eigenvalue weighted by Gasteiger charge is -1.99. The van der Waals surface area contributed by atoms with Crippen molar-refractivity contribution in [1.29, 1.82) is 5.26 Å². The third-order valence-corrected chi connectivity index (χ3v) is 0.774. The third-order valence-electron chi connectivity index (χ3n) is 0.774. The highest BCUT2D eigenvalue weighted by Gasteiger charge is 1.98. The SMILES string of the molecule is COCCOC(=O)CC#N. The van der Waals surface area contributed by atoms with Gasteiger partial charge in [0, 0.05) is 7.11 Å². The van der Waals surface area contributed by atoms with E-state index >= 15 is 0 Å². The molecule has 4 nitrogen and oxygen atoms in total. The fourth-order valence-corrected chi connectivity index (χ4v) is 0.354. The Morgan fingerprint density at radius 1 is 1.60 bits per heavy atom. The van der Waals surface area contributed by atoms with E-state index in [2.05, 4.69) is 9.47 Å². The number of rotatable bonds is 4. The van der Waals surface area contributed by atoms with E-state index in [0.717, 1.165) is 0 Å². The third kappa shape index (κ3) is 5.06. The number of hydrogen-bond acceptors (Lipinski definition) is 4. The quantitative estimate of drug-likeness (QED) is 0.413. The number of carbonyl (C=O) groups is 1. The summed E-state index contributed by atoms with van der Waals surface area (Å²) in [6, 6.07) is 1.68. The molecule has 0 aromatic carbocycles. The van der Waals surface area contributed by atoms with Crippen LogP contribution in [0.4, 0.5) is 0 Å². The molecule has 0 unspecified atom stereocenters. The van der Waals surface area contributed by atoms with Gasteiger partial charge in [-0.25, -0.2) is 0 Å². The predicted molar refractivity (Wildman–Crippen MR) is 33.1 cm³/mol. The van der Waals surface area contributed by atoms with Gasteiger partial charge in [0.2, 0.25) is 0 Å². The summed E-state index contributed by atoms with van der Waals surface area (Å²) in [6.07, 6.45) is -0.191. The van der Waals surface area contributed by atoms with Crippen LogP contribution in [0, 0.1) is 11.3 Å². The fraction of sp³-hybridized carbons (Fsp3) is 0.667. The molecule has 0 bridgehead atoms. The van der Waals surface area contributed by atoms with E-state index in [1.165, 1.54) is 7.11 Å². The zero-order chi connectivity index (χ0) is 7.82. The molecular formula is C6H9NO3. The second-order valence-electron chi connectivity index (χ2n) is 1.55. The van der Waals surface area contributed by atoms with Crippen molar-refractivity contribution < 1.29 is 14.3 Å². The lowest BCUT2D eigenvalue weighted by atomic mass is 10.5. The van der Waals surface area contributed by atoms with Crippen LogP contribution in [0.15, 0.2) is 0 Å². The zero-order valence-corrected chi connectivity index (χ0v) is 5.79. The second kappa shape index (κ2) is 6.05. The predicted octanol–water partition coefficient (Wildman–Crippen LogP) is 0.0897. The molecular weight excluding hydrogens is 134 g/mol. The summed E-state index contributed by atoms with van der Waals surface area (Å²) < 4.78 is 9.15. The molecule has 10 heavy (non-hydrogen) atoms. The van der Waals surface area contributed by atoms with Gasteiger partial charge in [0.05, 0.1) is 12.7 Å². The van der Waals surface area contributed by atoms with Gasteiger partial charge in [-0.05, 0) is 0 Å². The molecule has 0 aromatic heterocycles. The number of hydrogen-bond donors (Lipinski definition) is 0. The average molecular weight is 143 g/mol. The van der Waals surface area contributed by atoms with E-state index in [4.69, 9.17) is 5.26 Å². The van der Waals surface area contributed by atoms with Crippen LogP contribution in [-0.4, -0.2) is 26.3 Å². The number of carbonyl (C=O) groups excluding carboxylic acids is 1. The average Bonchev–Trinajstić information content (AvgIpc) is 1.89. The molecule has 0 amide bonds. The fourth-order valence-electron chi connectivity index (χ4n) is 0.354. The van der Waals surface area contributed by atoms with Gasteiger partial charge in [0.15, 0.2) is 0 Å². The van der Waals surface area contributed by atoms with Gasteiger partial charge >= 0.3 is 5.97 Å². The first-order chi connectivity index (χ1) is 4.81. The maximum atomic E-state index is 10.4. The van der Waals surface area contributed by atoms with Gasteiger partial charge in [-0.1, -0.05) is 0 Å². The van der Waals surface area contributed by atoms with E-state index in [9.17, 15) is 4.79 Å². The van der Waals surface area contributed by atoms with Gasteiger partial charge in [-0.3, -0.25) is 4.79 Å². The summed E-state index contributed by atoms with van der Waals surface area (Å²) in [5.41, 5.74) is 0. The molecule has 0 aromatic rings. The maximum absolute atomic E-state index is 10.4. The standard InChI is InChI=1S/C6H9NO3/c1-9-4-5-10-6(8)2-3-7/h2,4-5H2,1H3. The van der Waals surface area contributed by atoms with Crippen LogP contribution >= 0.6 is 0 Å².